The van der Waals surface area contributed by atoms with Crippen LogP contribution >= 0.6 is 0 Å². The molecule has 0 saturated carbocycles. The highest BCUT2D eigenvalue weighted by atomic mass is 16.5. The predicted molar refractivity (Wildman–Crippen MR) is 77.4 cm³/mol. The minimum Gasteiger partial charge on any atom is -0.493 e. The summed E-state index contributed by atoms with van der Waals surface area (Å²) in [4.78, 5) is 11.4. The maximum Gasteiger partial charge on any atom is 0.306 e. The quantitative estimate of drug-likeness (QED) is 0.893. The average molecular weight is 274 g/mol. The Morgan fingerprint density at radius 3 is 3.05 bits per heavy atom. The lowest BCUT2D eigenvalue weighted by molar-refractivity contribution is -0.142. The molecule has 2 atom stereocenters. The molecule has 0 saturated heterocycles. The number of carboxylic acids is 1. The molecule has 0 fully saturated rings. The van der Waals surface area contributed by atoms with Crippen molar-refractivity contribution in [3.8, 4) is 5.75 Å². The monoisotopic (exact) mass is 274 g/mol. The Balaban J connectivity index is 1.85. The maximum absolute atomic E-state index is 11.4. The van der Waals surface area contributed by atoms with Gasteiger partial charge in [0.1, 0.15) is 5.75 Å². The van der Waals surface area contributed by atoms with Crippen LogP contribution in [0.5, 0.6) is 5.75 Å². The van der Waals surface area contributed by atoms with Gasteiger partial charge in [0.2, 0.25) is 0 Å². The van der Waals surface area contributed by atoms with Gasteiger partial charge in [-0.25, -0.2) is 0 Å². The van der Waals surface area contributed by atoms with Gasteiger partial charge in [-0.1, -0.05) is 19.4 Å². The fraction of sp³-hybridized carbons (Fsp3) is 0.588. The van der Waals surface area contributed by atoms with Crippen LogP contribution in [0.4, 0.5) is 0 Å². The number of fused-ring (bicyclic) bond motifs is 3. The molecule has 0 unspecified atom stereocenters. The molecule has 3 nitrogen and oxygen atoms in total. The number of aryl methyl sites for hydroxylation is 1. The van der Waals surface area contributed by atoms with E-state index in [2.05, 4.69) is 19.1 Å². The van der Waals surface area contributed by atoms with Gasteiger partial charge in [-0.05, 0) is 48.8 Å². The number of ether oxygens (including phenoxy) is 1. The summed E-state index contributed by atoms with van der Waals surface area (Å²) >= 11 is 0. The van der Waals surface area contributed by atoms with E-state index in [9.17, 15) is 9.90 Å². The van der Waals surface area contributed by atoms with Crippen LogP contribution in [-0.4, -0.2) is 17.7 Å². The summed E-state index contributed by atoms with van der Waals surface area (Å²) in [5, 5.41) is 9.38. The molecule has 20 heavy (non-hydrogen) atoms. The molecule has 0 bridgehead atoms. The van der Waals surface area contributed by atoms with Gasteiger partial charge in [0.15, 0.2) is 0 Å². The van der Waals surface area contributed by atoms with Crippen LogP contribution in [0.25, 0.3) is 0 Å². The molecular weight excluding hydrogens is 252 g/mol. The summed E-state index contributed by atoms with van der Waals surface area (Å²) in [6.45, 7) is 2.83. The Morgan fingerprint density at radius 1 is 1.45 bits per heavy atom. The molecule has 0 aromatic heterocycles. The van der Waals surface area contributed by atoms with E-state index in [1.165, 1.54) is 16.7 Å². The maximum atomic E-state index is 11.4. The SMILES string of the molecule is CCC[C@H](C[C@@H]1CCc2ccc3c(c21)CCO3)C(=O)O. The topological polar surface area (TPSA) is 46.5 Å². The highest BCUT2D eigenvalue weighted by Crippen LogP contribution is 2.44. The van der Waals surface area contributed by atoms with E-state index in [1.54, 1.807) is 0 Å². The Kier molecular flexibility index (Phi) is 3.68. The van der Waals surface area contributed by atoms with Crippen molar-refractivity contribution in [1.29, 1.82) is 0 Å². The van der Waals surface area contributed by atoms with Crippen LogP contribution < -0.4 is 4.74 Å². The van der Waals surface area contributed by atoms with Gasteiger partial charge in [0, 0.05) is 12.0 Å². The lowest BCUT2D eigenvalue weighted by Crippen LogP contribution is -2.16. The molecule has 1 N–H and O–H groups in total. The minimum atomic E-state index is -0.635. The molecule has 1 aromatic carbocycles. The summed E-state index contributed by atoms with van der Waals surface area (Å²) in [5.41, 5.74) is 4.19. The molecular formula is C17H22O3. The summed E-state index contributed by atoms with van der Waals surface area (Å²) in [5.74, 6) is 0.602. The van der Waals surface area contributed by atoms with E-state index >= 15 is 0 Å². The molecule has 1 heterocycles. The van der Waals surface area contributed by atoms with Gasteiger partial charge in [0.05, 0.1) is 12.5 Å². The second-order valence-corrected chi connectivity index (χ2v) is 6.01. The zero-order valence-electron chi connectivity index (χ0n) is 12.0. The van der Waals surface area contributed by atoms with Gasteiger partial charge in [-0.2, -0.15) is 0 Å². The number of rotatable bonds is 5. The molecule has 1 aromatic rings. The average Bonchev–Trinajstić information content (AvgIpc) is 3.03. The normalized spacial score (nSPS) is 21.1. The van der Waals surface area contributed by atoms with Crippen LogP contribution in [0.2, 0.25) is 0 Å². The molecule has 0 spiro atoms. The summed E-state index contributed by atoms with van der Waals surface area (Å²) in [6.07, 6.45) is 5.68. The van der Waals surface area contributed by atoms with Gasteiger partial charge in [-0.15, -0.1) is 0 Å². The van der Waals surface area contributed by atoms with Gasteiger partial charge in [0.25, 0.3) is 0 Å². The van der Waals surface area contributed by atoms with E-state index in [0.717, 1.165) is 50.9 Å². The van der Waals surface area contributed by atoms with Crippen LogP contribution in [0, 0.1) is 5.92 Å². The zero-order valence-corrected chi connectivity index (χ0v) is 12.0. The molecule has 1 aliphatic carbocycles. The molecule has 0 amide bonds. The van der Waals surface area contributed by atoms with Crippen LogP contribution in [0.3, 0.4) is 0 Å². The fourth-order valence-electron chi connectivity index (χ4n) is 3.82. The van der Waals surface area contributed by atoms with Gasteiger partial charge in [-0.3, -0.25) is 4.79 Å². The third-order valence-corrected chi connectivity index (χ3v) is 4.74. The molecule has 3 heteroatoms. The zero-order chi connectivity index (χ0) is 14.1. The predicted octanol–water partition coefficient (Wildman–Crippen LogP) is 3.54. The van der Waals surface area contributed by atoms with Crippen molar-refractivity contribution in [2.75, 3.05) is 6.61 Å². The Hall–Kier alpha value is -1.51. The smallest absolute Gasteiger partial charge is 0.306 e. The number of hydrogen-bond donors (Lipinski definition) is 1. The van der Waals surface area contributed by atoms with E-state index in [4.69, 9.17) is 4.74 Å². The standard InChI is InChI=1S/C17H22O3/c1-2-3-13(17(18)19)10-12-5-4-11-6-7-15-14(16(11)12)8-9-20-15/h6-7,12-13H,2-5,8-10H2,1H3,(H,18,19)/t12-,13+/m0/s1. The second-order valence-electron chi connectivity index (χ2n) is 6.01. The van der Waals surface area contributed by atoms with Crippen molar-refractivity contribution in [3.05, 3.63) is 28.8 Å². The second kappa shape index (κ2) is 5.47. The van der Waals surface area contributed by atoms with Crippen molar-refractivity contribution in [2.45, 2.75) is 51.4 Å². The lowest BCUT2D eigenvalue weighted by atomic mass is 9.85. The van der Waals surface area contributed by atoms with Crippen molar-refractivity contribution in [2.24, 2.45) is 5.92 Å². The number of hydrogen-bond acceptors (Lipinski definition) is 2. The molecule has 1 aliphatic heterocycles. The minimum absolute atomic E-state index is 0.200. The van der Waals surface area contributed by atoms with E-state index in [0.29, 0.717) is 5.92 Å². The first-order chi connectivity index (χ1) is 9.70. The van der Waals surface area contributed by atoms with Crippen molar-refractivity contribution in [3.63, 3.8) is 0 Å². The van der Waals surface area contributed by atoms with Crippen LogP contribution in [-0.2, 0) is 17.6 Å². The van der Waals surface area contributed by atoms with Crippen LogP contribution in [0.15, 0.2) is 12.1 Å². The van der Waals surface area contributed by atoms with Crippen molar-refractivity contribution in [1.82, 2.24) is 0 Å². The Bertz CT molecular complexity index is 521. The summed E-state index contributed by atoms with van der Waals surface area (Å²) in [7, 11) is 0. The van der Waals surface area contributed by atoms with Crippen molar-refractivity contribution >= 4 is 5.97 Å². The molecule has 108 valence electrons. The third kappa shape index (κ3) is 2.30. The number of carbonyl (C=O) groups is 1. The summed E-state index contributed by atoms with van der Waals surface area (Å²) in [6, 6.07) is 4.26. The summed E-state index contributed by atoms with van der Waals surface area (Å²) < 4.78 is 5.66. The number of carboxylic acid groups (broad SMARTS) is 1. The highest BCUT2D eigenvalue weighted by Gasteiger charge is 2.32. The van der Waals surface area contributed by atoms with E-state index in [-0.39, 0.29) is 5.92 Å². The first-order valence-corrected chi connectivity index (χ1v) is 7.71. The Morgan fingerprint density at radius 2 is 2.30 bits per heavy atom. The molecule has 3 rings (SSSR count). The van der Waals surface area contributed by atoms with E-state index in [1.807, 2.05) is 0 Å². The molecule has 2 aliphatic rings. The van der Waals surface area contributed by atoms with Gasteiger partial charge < -0.3 is 9.84 Å². The first-order valence-electron chi connectivity index (χ1n) is 7.71. The largest absolute Gasteiger partial charge is 0.493 e. The molecule has 0 radical (unpaired) electrons. The third-order valence-electron chi connectivity index (χ3n) is 4.74. The van der Waals surface area contributed by atoms with Crippen LogP contribution in [0.1, 0.15) is 55.2 Å². The number of aliphatic carboxylic acids is 1. The van der Waals surface area contributed by atoms with Crippen molar-refractivity contribution < 1.29 is 14.6 Å². The Labute approximate surface area is 120 Å². The van der Waals surface area contributed by atoms with E-state index < -0.39 is 5.97 Å². The highest BCUT2D eigenvalue weighted by molar-refractivity contribution is 5.70. The first kappa shape index (κ1) is 13.5. The lowest BCUT2D eigenvalue weighted by Gasteiger charge is -2.19. The fourth-order valence-corrected chi connectivity index (χ4v) is 3.82. The van der Waals surface area contributed by atoms with Gasteiger partial charge >= 0.3 is 5.97 Å². The number of benzene rings is 1.